The van der Waals surface area contributed by atoms with Crippen molar-refractivity contribution < 1.29 is 28.6 Å². The van der Waals surface area contributed by atoms with Crippen molar-refractivity contribution in [2.75, 3.05) is 13.2 Å². The monoisotopic (exact) mass is 877 g/mol. The third kappa shape index (κ3) is 49.4. The summed E-state index contributed by atoms with van der Waals surface area (Å²) in [6.45, 7) is 6.64. The predicted molar refractivity (Wildman–Crippen MR) is 266 cm³/mol. The highest BCUT2D eigenvalue weighted by Crippen LogP contribution is 2.18. The zero-order chi connectivity index (χ0) is 45.1. The van der Waals surface area contributed by atoms with Crippen molar-refractivity contribution in [3.05, 3.63) is 0 Å². The SMILES string of the molecule is CCCCCCCCCCCCCCCCCCCCCCCCC(=O)OCC(COC(=O)CCCCCCCC)OC(=O)CCCCCCCCCCCCCCCCCC. The van der Waals surface area contributed by atoms with E-state index in [-0.39, 0.29) is 31.1 Å². The molecule has 0 aliphatic heterocycles. The van der Waals surface area contributed by atoms with Crippen LogP contribution < -0.4 is 0 Å². The third-order valence-corrected chi connectivity index (χ3v) is 12.9. The zero-order valence-electron chi connectivity index (χ0n) is 42.2. The molecule has 0 N–H and O–H groups in total. The van der Waals surface area contributed by atoms with E-state index < -0.39 is 6.10 Å². The van der Waals surface area contributed by atoms with E-state index in [2.05, 4.69) is 20.8 Å². The second-order valence-corrected chi connectivity index (χ2v) is 19.2. The van der Waals surface area contributed by atoms with Crippen LogP contribution >= 0.6 is 0 Å². The number of carbonyl (C=O) groups is 3. The maximum absolute atomic E-state index is 12.8. The summed E-state index contributed by atoms with van der Waals surface area (Å²) in [5.74, 6) is -0.848. The van der Waals surface area contributed by atoms with Crippen LogP contribution in [0.25, 0.3) is 0 Å². The highest BCUT2D eigenvalue weighted by atomic mass is 16.6. The average molecular weight is 877 g/mol. The number of ether oxygens (including phenoxy) is 3. The molecule has 0 aliphatic carbocycles. The van der Waals surface area contributed by atoms with Crippen LogP contribution in [0.1, 0.15) is 323 Å². The van der Waals surface area contributed by atoms with Crippen molar-refractivity contribution in [3.8, 4) is 0 Å². The van der Waals surface area contributed by atoms with Gasteiger partial charge in [-0.05, 0) is 19.3 Å². The third-order valence-electron chi connectivity index (χ3n) is 12.9. The molecule has 368 valence electrons. The van der Waals surface area contributed by atoms with Gasteiger partial charge in [0.15, 0.2) is 6.10 Å². The molecule has 0 rings (SSSR count). The molecular weight excluding hydrogens is 769 g/mol. The quantitative estimate of drug-likeness (QED) is 0.0344. The number of hydrogen-bond acceptors (Lipinski definition) is 6. The molecule has 0 saturated heterocycles. The van der Waals surface area contributed by atoms with Gasteiger partial charge in [-0.1, -0.05) is 284 Å². The highest BCUT2D eigenvalue weighted by Gasteiger charge is 2.19. The summed E-state index contributed by atoms with van der Waals surface area (Å²) < 4.78 is 16.8. The smallest absolute Gasteiger partial charge is 0.306 e. The number of unbranched alkanes of at least 4 members (excludes halogenated alkanes) is 41. The highest BCUT2D eigenvalue weighted by molar-refractivity contribution is 5.71. The molecule has 0 aliphatic rings. The number of esters is 3. The lowest BCUT2D eigenvalue weighted by Crippen LogP contribution is -2.30. The van der Waals surface area contributed by atoms with Gasteiger partial charge in [-0.15, -0.1) is 0 Å². The molecular formula is C56H108O6. The molecule has 0 radical (unpaired) electrons. The standard InChI is InChI=1S/C56H108O6/c1-4-7-10-13-16-18-20-22-24-26-27-28-29-30-31-33-34-36-38-40-43-46-49-55(58)61-52-53(51-60-54(57)48-45-42-15-12-9-6-3)62-56(59)50-47-44-41-39-37-35-32-25-23-21-19-17-14-11-8-5-2/h53H,4-52H2,1-3H3. The van der Waals surface area contributed by atoms with Crippen LogP contribution in [0.4, 0.5) is 0 Å². The van der Waals surface area contributed by atoms with Crippen LogP contribution in [0.2, 0.25) is 0 Å². The van der Waals surface area contributed by atoms with Gasteiger partial charge in [0, 0.05) is 19.3 Å². The zero-order valence-corrected chi connectivity index (χ0v) is 42.2. The first kappa shape index (κ1) is 60.4. The summed E-state index contributed by atoms with van der Waals surface area (Å²) in [6, 6.07) is 0. The first-order valence-electron chi connectivity index (χ1n) is 28.0. The van der Waals surface area contributed by atoms with Crippen molar-refractivity contribution in [2.24, 2.45) is 0 Å². The minimum absolute atomic E-state index is 0.0624. The van der Waals surface area contributed by atoms with E-state index >= 15 is 0 Å². The Morgan fingerprint density at radius 2 is 0.435 bits per heavy atom. The first-order chi connectivity index (χ1) is 30.5. The molecule has 1 atom stereocenters. The molecule has 0 spiro atoms. The van der Waals surface area contributed by atoms with Gasteiger partial charge in [0.05, 0.1) is 0 Å². The van der Waals surface area contributed by atoms with Crippen LogP contribution in [-0.4, -0.2) is 37.2 Å². The van der Waals surface area contributed by atoms with Crippen molar-refractivity contribution in [2.45, 2.75) is 329 Å². The van der Waals surface area contributed by atoms with E-state index in [4.69, 9.17) is 14.2 Å². The van der Waals surface area contributed by atoms with Gasteiger partial charge in [0.2, 0.25) is 0 Å². The average Bonchev–Trinajstić information content (AvgIpc) is 3.27. The Morgan fingerprint density at radius 1 is 0.258 bits per heavy atom. The maximum Gasteiger partial charge on any atom is 0.306 e. The van der Waals surface area contributed by atoms with E-state index in [9.17, 15) is 14.4 Å². The molecule has 0 aromatic carbocycles. The fourth-order valence-electron chi connectivity index (χ4n) is 8.62. The molecule has 0 bridgehead atoms. The van der Waals surface area contributed by atoms with Crippen LogP contribution in [0.5, 0.6) is 0 Å². The Morgan fingerprint density at radius 3 is 0.645 bits per heavy atom. The van der Waals surface area contributed by atoms with Gasteiger partial charge in [0.25, 0.3) is 0 Å². The Labute approximate surface area is 387 Å². The van der Waals surface area contributed by atoms with Crippen molar-refractivity contribution in [1.82, 2.24) is 0 Å². The number of carbonyl (C=O) groups excluding carboxylic acids is 3. The largest absolute Gasteiger partial charge is 0.462 e. The Balaban J connectivity index is 4.07. The minimum atomic E-state index is -0.759. The molecule has 6 nitrogen and oxygen atoms in total. The normalized spacial score (nSPS) is 11.9. The molecule has 0 heterocycles. The van der Waals surface area contributed by atoms with Gasteiger partial charge in [-0.2, -0.15) is 0 Å². The van der Waals surface area contributed by atoms with Gasteiger partial charge in [-0.3, -0.25) is 14.4 Å². The van der Waals surface area contributed by atoms with Gasteiger partial charge < -0.3 is 14.2 Å². The van der Waals surface area contributed by atoms with E-state index in [1.54, 1.807) is 0 Å². The Bertz CT molecular complexity index is 920. The van der Waals surface area contributed by atoms with E-state index in [0.29, 0.717) is 19.3 Å². The molecule has 0 amide bonds. The molecule has 62 heavy (non-hydrogen) atoms. The van der Waals surface area contributed by atoms with Gasteiger partial charge >= 0.3 is 17.9 Å². The lowest BCUT2D eigenvalue weighted by molar-refractivity contribution is -0.167. The van der Waals surface area contributed by atoms with Crippen molar-refractivity contribution in [1.29, 1.82) is 0 Å². The second kappa shape index (κ2) is 52.0. The fourth-order valence-corrected chi connectivity index (χ4v) is 8.62. The van der Waals surface area contributed by atoms with E-state index in [1.807, 2.05) is 0 Å². The maximum atomic E-state index is 12.8. The molecule has 1 unspecified atom stereocenters. The lowest BCUT2D eigenvalue weighted by atomic mass is 10.0. The van der Waals surface area contributed by atoms with E-state index in [0.717, 1.165) is 57.8 Å². The molecule has 0 aromatic heterocycles. The molecule has 6 heteroatoms. The van der Waals surface area contributed by atoms with Crippen LogP contribution in [0.15, 0.2) is 0 Å². The summed E-state index contributed by atoms with van der Waals surface area (Å²) in [5.41, 5.74) is 0. The fraction of sp³-hybridized carbons (Fsp3) is 0.946. The topological polar surface area (TPSA) is 78.9 Å². The summed E-state index contributed by atoms with van der Waals surface area (Å²) in [6.07, 6.45) is 57.0. The summed E-state index contributed by atoms with van der Waals surface area (Å²) in [4.78, 5) is 37.8. The Hall–Kier alpha value is -1.59. The summed E-state index contributed by atoms with van der Waals surface area (Å²) >= 11 is 0. The van der Waals surface area contributed by atoms with Crippen molar-refractivity contribution in [3.63, 3.8) is 0 Å². The lowest BCUT2D eigenvalue weighted by Gasteiger charge is -2.18. The summed E-state index contributed by atoms with van der Waals surface area (Å²) in [7, 11) is 0. The minimum Gasteiger partial charge on any atom is -0.462 e. The van der Waals surface area contributed by atoms with Gasteiger partial charge in [0.1, 0.15) is 13.2 Å². The second-order valence-electron chi connectivity index (χ2n) is 19.2. The van der Waals surface area contributed by atoms with Crippen LogP contribution in [0.3, 0.4) is 0 Å². The molecule has 0 aromatic rings. The van der Waals surface area contributed by atoms with Crippen LogP contribution in [0, 0.1) is 0 Å². The molecule has 0 fully saturated rings. The molecule has 0 saturated carbocycles. The summed E-state index contributed by atoms with van der Waals surface area (Å²) in [5, 5.41) is 0. The number of hydrogen-bond donors (Lipinski definition) is 0. The first-order valence-corrected chi connectivity index (χ1v) is 28.0. The predicted octanol–water partition coefficient (Wildman–Crippen LogP) is 18.4. The van der Waals surface area contributed by atoms with Crippen LogP contribution in [-0.2, 0) is 28.6 Å². The van der Waals surface area contributed by atoms with Crippen molar-refractivity contribution >= 4 is 17.9 Å². The Kier molecular flexibility index (Phi) is 50.7. The van der Waals surface area contributed by atoms with Gasteiger partial charge in [-0.25, -0.2) is 0 Å². The van der Waals surface area contributed by atoms with E-state index in [1.165, 1.54) is 225 Å². The number of rotatable bonds is 52.